The Kier molecular flexibility index (Phi) is 4.31. The van der Waals surface area contributed by atoms with Crippen LogP contribution in [0.5, 0.6) is 11.5 Å². The largest absolute Gasteiger partial charge is 0.497 e. The Labute approximate surface area is 108 Å². The van der Waals surface area contributed by atoms with E-state index < -0.39 is 0 Å². The van der Waals surface area contributed by atoms with Crippen LogP contribution >= 0.6 is 0 Å². The average molecular weight is 251 g/mol. The maximum Gasteiger partial charge on any atom is 0.145 e. The van der Waals surface area contributed by atoms with Crippen molar-refractivity contribution in [3.63, 3.8) is 0 Å². The molecular weight excluding hydrogens is 230 g/mol. The van der Waals surface area contributed by atoms with Crippen LogP contribution in [0.4, 0.5) is 5.69 Å². The van der Waals surface area contributed by atoms with E-state index in [1.54, 1.807) is 14.2 Å². The van der Waals surface area contributed by atoms with Gasteiger partial charge in [0.05, 0.1) is 32.1 Å². The van der Waals surface area contributed by atoms with E-state index in [2.05, 4.69) is 12.2 Å². The molecule has 4 heteroatoms. The Balaban J connectivity index is 1.96. The van der Waals surface area contributed by atoms with E-state index in [1.807, 2.05) is 18.2 Å². The molecule has 0 spiro atoms. The summed E-state index contributed by atoms with van der Waals surface area (Å²) < 4.78 is 16.3. The summed E-state index contributed by atoms with van der Waals surface area (Å²) in [6.07, 6.45) is 2.94. The zero-order chi connectivity index (χ0) is 13.0. The first-order valence-electron chi connectivity index (χ1n) is 6.34. The Bertz CT molecular complexity index is 395. The van der Waals surface area contributed by atoms with Crippen LogP contribution in [-0.2, 0) is 4.74 Å². The molecule has 18 heavy (non-hydrogen) atoms. The van der Waals surface area contributed by atoms with E-state index >= 15 is 0 Å². The minimum absolute atomic E-state index is 0.298. The summed E-state index contributed by atoms with van der Waals surface area (Å²) in [6.45, 7) is 2.93. The number of anilines is 1. The standard InChI is InChI=1S/C14H21NO3/c1-10-4-5-12(18-10)9-15-13-7-6-11(16-2)8-14(13)17-3/h6-8,10,12,15H,4-5,9H2,1-3H3. The fraction of sp³-hybridized carbons (Fsp3) is 0.571. The van der Waals surface area contributed by atoms with E-state index in [-0.39, 0.29) is 0 Å². The van der Waals surface area contributed by atoms with E-state index in [1.165, 1.54) is 0 Å². The van der Waals surface area contributed by atoms with Crippen LogP contribution in [0.3, 0.4) is 0 Å². The summed E-state index contributed by atoms with van der Waals surface area (Å²) in [6, 6.07) is 5.76. The number of hydrogen-bond donors (Lipinski definition) is 1. The molecule has 1 aromatic rings. The normalized spacial score (nSPS) is 22.8. The molecule has 0 saturated carbocycles. The molecule has 1 aliphatic rings. The summed E-state index contributed by atoms with van der Waals surface area (Å²) >= 11 is 0. The minimum Gasteiger partial charge on any atom is -0.497 e. The van der Waals surface area contributed by atoms with Crippen molar-refractivity contribution in [2.75, 3.05) is 26.1 Å². The zero-order valence-corrected chi connectivity index (χ0v) is 11.2. The molecule has 0 aromatic heterocycles. The molecule has 1 N–H and O–H groups in total. The van der Waals surface area contributed by atoms with Gasteiger partial charge in [0, 0.05) is 12.6 Å². The maximum absolute atomic E-state index is 5.77. The fourth-order valence-corrected chi connectivity index (χ4v) is 2.20. The van der Waals surface area contributed by atoms with Crippen molar-refractivity contribution in [2.24, 2.45) is 0 Å². The van der Waals surface area contributed by atoms with Crippen molar-refractivity contribution in [3.8, 4) is 11.5 Å². The van der Waals surface area contributed by atoms with E-state index in [4.69, 9.17) is 14.2 Å². The summed E-state index contributed by atoms with van der Waals surface area (Å²) in [7, 11) is 3.31. The van der Waals surface area contributed by atoms with Gasteiger partial charge in [-0.3, -0.25) is 0 Å². The highest BCUT2D eigenvalue weighted by molar-refractivity contribution is 5.59. The van der Waals surface area contributed by atoms with Gasteiger partial charge in [-0.25, -0.2) is 0 Å². The molecule has 4 nitrogen and oxygen atoms in total. The first kappa shape index (κ1) is 13.0. The summed E-state index contributed by atoms with van der Waals surface area (Å²) in [5, 5.41) is 3.37. The van der Waals surface area contributed by atoms with E-state index in [0.29, 0.717) is 12.2 Å². The molecule has 1 heterocycles. The predicted octanol–water partition coefficient (Wildman–Crippen LogP) is 2.68. The third-order valence-corrected chi connectivity index (χ3v) is 3.25. The second kappa shape index (κ2) is 5.96. The molecule has 1 fully saturated rings. The molecule has 1 aliphatic heterocycles. The molecule has 0 bridgehead atoms. The number of hydrogen-bond acceptors (Lipinski definition) is 4. The van der Waals surface area contributed by atoms with Crippen LogP contribution in [0, 0.1) is 0 Å². The fourth-order valence-electron chi connectivity index (χ4n) is 2.20. The third-order valence-electron chi connectivity index (χ3n) is 3.25. The van der Waals surface area contributed by atoms with Gasteiger partial charge in [-0.1, -0.05) is 0 Å². The molecular formula is C14H21NO3. The quantitative estimate of drug-likeness (QED) is 0.873. The smallest absolute Gasteiger partial charge is 0.145 e. The van der Waals surface area contributed by atoms with Crippen LogP contribution in [0.25, 0.3) is 0 Å². The first-order valence-corrected chi connectivity index (χ1v) is 6.34. The minimum atomic E-state index is 0.298. The lowest BCUT2D eigenvalue weighted by Crippen LogP contribution is -2.20. The van der Waals surface area contributed by atoms with Crippen molar-refractivity contribution in [1.29, 1.82) is 0 Å². The number of rotatable bonds is 5. The highest BCUT2D eigenvalue weighted by Crippen LogP contribution is 2.29. The first-order chi connectivity index (χ1) is 8.72. The maximum atomic E-state index is 5.77. The molecule has 0 amide bonds. The SMILES string of the molecule is COc1ccc(NCC2CCC(C)O2)c(OC)c1. The molecule has 1 saturated heterocycles. The van der Waals surface area contributed by atoms with Gasteiger partial charge in [0.15, 0.2) is 0 Å². The van der Waals surface area contributed by atoms with Crippen molar-refractivity contribution >= 4 is 5.69 Å². The molecule has 1 aromatic carbocycles. The van der Waals surface area contributed by atoms with Crippen LogP contribution in [-0.4, -0.2) is 33.0 Å². The van der Waals surface area contributed by atoms with Crippen molar-refractivity contribution < 1.29 is 14.2 Å². The van der Waals surface area contributed by atoms with Gasteiger partial charge in [-0.15, -0.1) is 0 Å². The summed E-state index contributed by atoms with van der Waals surface area (Å²) in [5.41, 5.74) is 0.974. The summed E-state index contributed by atoms with van der Waals surface area (Å²) in [5.74, 6) is 1.59. The zero-order valence-electron chi connectivity index (χ0n) is 11.2. The van der Waals surface area contributed by atoms with Gasteiger partial charge in [0.1, 0.15) is 11.5 Å². The van der Waals surface area contributed by atoms with Gasteiger partial charge in [-0.2, -0.15) is 0 Å². The monoisotopic (exact) mass is 251 g/mol. The summed E-state index contributed by atoms with van der Waals surface area (Å²) in [4.78, 5) is 0. The Morgan fingerprint density at radius 3 is 2.72 bits per heavy atom. The Morgan fingerprint density at radius 2 is 2.11 bits per heavy atom. The van der Waals surface area contributed by atoms with Gasteiger partial charge in [0.2, 0.25) is 0 Å². The Hall–Kier alpha value is -1.42. The van der Waals surface area contributed by atoms with Gasteiger partial charge < -0.3 is 19.5 Å². The second-order valence-corrected chi connectivity index (χ2v) is 4.59. The molecule has 100 valence electrons. The van der Waals surface area contributed by atoms with Crippen molar-refractivity contribution in [1.82, 2.24) is 0 Å². The highest BCUT2D eigenvalue weighted by Gasteiger charge is 2.21. The van der Waals surface area contributed by atoms with E-state index in [9.17, 15) is 0 Å². The molecule has 0 radical (unpaired) electrons. The average Bonchev–Trinajstić information content (AvgIpc) is 2.82. The number of nitrogens with one attached hydrogen (secondary N) is 1. The Morgan fingerprint density at radius 1 is 1.28 bits per heavy atom. The van der Waals surface area contributed by atoms with E-state index in [0.717, 1.165) is 36.6 Å². The van der Waals surface area contributed by atoms with Crippen molar-refractivity contribution in [3.05, 3.63) is 18.2 Å². The van der Waals surface area contributed by atoms with Crippen LogP contribution in [0.1, 0.15) is 19.8 Å². The van der Waals surface area contributed by atoms with Crippen LogP contribution in [0.15, 0.2) is 18.2 Å². The predicted molar refractivity (Wildman–Crippen MR) is 71.6 cm³/mol. The van der Waals surface area contributed by atoms with Crippen LogP contribution < -0.4 is 14.8 Å². The number of methoxy groups -OCH3 is 2. The third kappa shape index (κ3) is 3.07. The van der Waals surface area contributed by atoms with Gasteiger partial charge >= 0.3 is 0 Å². The lowest BCUT2D eigenvalue weighted by atomic mass is 10.2. The molecule has 2 rings (SSSR count). The number of benzene rings is 1. The van der Waals surface area contributed by atoms with Gasteiger partial charge in [-0.05, 0) is 31.9 Å². The topological polar surface area (TPSA) is 39.7 Å². The lowest BCUT2D eigenvalue weighted by molar-refractivity contribution is 0.0637. The molecule has 0 aliphatic carbocycles. The molecule has 2 unspecified atom stereocenters. The van der Waals surface area contributed by atoms with Crippen LogP contribution in [0.2, 0.25) is 0 Å². The van der Waals surface area contributed by atoms with Gasteiger partial charge in [0.25, 0.3) is 0 Å². The second-order valence-electron chi connectivity index (χ2n) is 4.59. The number of ether oxygens (including phenoxy) is 3. The van der Waals surface area contributed by atoms with Crippen molar-refractivity contribution in [2.45, 2.75) is 32.0 Å². The lowest BCUT2D eigenvalue weighted by Gasteiger charge is -2.16. The highest BCUT2D eigenvalue weighted by atomic mass is 16.5. The molecule has 2 atom stereocenters.